The van der Waals surface area contributed by atoms with Gasteiger partial charge in [-0.1, -0.05) is 0 Å². The molecule has 0 aromatic carbocycles. The summed E-state index contributed by atoms with van der Waals surface area (Å²) in [6.45, 7) is 0. The van der Waals surface area contributed by atoms with Crippen LogP contribution in [0.2, 0.25) is 0 Å². The molecule has 0 saturated carbocycles. The van der Waals surface area contributed by atoms with Crippen molar-refractivity contribution in [3.8, 4) is 0 Å². The minimum absolute atomic E-state index is 0. The third-order valence-corrected chi connectivity index (χ3v) is 0. The zero-order chi connectivity index (χ0) is 0. The van der Waals surface area contributed by atoms with Crippen molar-refractivity contribution in [3.05, 3.63) is 0 Å². The molecule has 0 radical (unpaired) electrons. The average Bonchev–Trinajstić information content (AvgIpc) is 0. The Hall–Kier alpha value is 2.65. The van der Waals surface area contributed by atoms with Crippen LogP contribution in [-0.2, 0) is 0 Å². The van der Waals surface area contributed by atoms with Gasteiger partial charge in [-0.15, -0.1) is 0 Å². The minimum Gasteiger partial charge on any atom is -1.00 e. The minimum atomic E-state index is 0. The van der Waals surface area contributed by atoms with Crippen molar-refractivity contribution in [2.75, 3.05) is 0 Å². The van der Waals surface area contributed by atoms with Crippen molar-refractivity contribution in [2.45, 2.75) is 0 Å². The number of hydrogen-bond donors (Lipinski definition) is 0. The van der Waals surface area contributed by atoms with Crippen LogP contribution in [0.4, 0.5) is 0 Å². The molecule has 0 aliphatic carbocycles. The average molecular weight is 208 g/mol. The van der Waals surface area contributed by atoms with Gasteiger partial charge in [0.2, 0.25) is 0 Å². The molecule has 0 atom stereocenters. The molecule has 0 heterocycles. The summed E-state index contributed by atoms with van der Waals surface area (Å²) in [5.41, 5.74) is 0. The van der Waals surface area contributed by atoms with E-state index in [-0.39, 0.29) is 101 Å². The molecule has 0 saturated heterocycles. The van der Waals surface area contributed by atoms with Gasteiger partial charge < -0.3 is 55.1 Å². The van der Waals surface area contributed by atoms with Gasteiger partial charge in [-0.05, 0) is 0 Å². The van der Waals surface area contributed by atoms with Crippen LogP contribution >= 0.6 is 0 Å². The van der Waals surface area contributed by atoms with Gasteiger partial charge in [0, 0.05) is 0 Å². The Morgan fingerprint density at radius 2 is 0.429 bits per heavy atom. The normalized spacial score (nSPS) is 0. The molecule has 2 N–H and O–H groups in total. The van der Waals surface area contributed by atoms with Gasteiger partial charge in [-0.2, -0.15) is 0 Å². The first-order valence-corrected chi connectivity index (χ1v) is 0. The van der Waals surface area contributed by atoms with Gasteiger partial charge in [0.05, 0.1) is 0 Å². The van der Waals surface area contributed by atoms with E-state index in [0.29, 0.717) is 0 Å². The SMILES string of the molecule is O.[Cl-].[Cl-].[Cl-].[Cl-].[Mg+2].[Mg+2]. The summed E-state index contributed by atoms with van der Waals surface area (Å²) in [7, 11) is 0. The molecule has 0 spiro atoms. The van der Waals surface area contributed by atoms with Gasteiger partial charge in [0.1, 0.15) is 0 Å². The van der Waals surface area contributed by atoms with Crippen LogP contribution in [0.25, 0.3) is 0 Å². The zero-order valence-electron chi connectivity index (χ0n) is 3.43. The Kier molecular flexibility index (Phi) is 1060. The maximum Gasteiger partial charge on any atom is 2.00 e. The summed E-state index contributed by atoms with van der Waals surface area (Å²) in [6, 6.07) is 0. The van der Waals surface area contributed by atoms with Gasteiger partial charge in [-0.3, -0.25) is 0 Å². The summed E-state index contributed by atoms with van der Waals surface area (Å²) < 4.78 is 0. The second kappa shape index (κ2) is 72.0. The monoisotopic (exact) mass is 206 g/mol. The Bertz CT molecular complexity index is 9.65. The Labute approximate surface area is 100 Å². The van der Waals surface area contributed by atoms with Crippen LogP contribution < -0.4 is 49.6 Å². The van der Waals surface area contributed by atoms with Gasteiger partial charge in [0.25, 0.3) is 0 Å². The topological polar surface area (TPSA) is 31.5 Å². The van der Waals surface area contributed by atoms with Crippen molar-refractivity contribution in [2.24, 2.45) is 0 Å². The van der Waals surface area contributed by atoms with Crippen molar-refractivity contribution < 1.29 is 55.1 Å². The van der Waals surface area contributed by atoms with Crippen molar-refractivity contribution in [1.82, 2.24) is 0 Å². The summed E-state index contributed by atoms with van der Waals surface area (Å²) >= 11 is 0. The van der Waals surface area contributed by atoms with Gasteiger partial charge in [-0.25, -0.2) is 0 Å². The summed E-state index contributed by atoms with van der Waals surface area (Å²) in [5, 5.41) is 0. The predicted octanol–water partition coefficient (Wildman–Crippen LogP) is -13.6. The summed E-state index contributed by atoms with van der Waals surface area (Å²) in [4.78, 5) is 0. The Balaban J connectivity index is 0. The van der Waals surface area contributed by atoms with Crippen LogP contribution in [0.3, 0.4) is 0 Å². The van der Waals surface area contributed by atoms with Crippen LogP contribution in [0.5, 0.6) is 0 Å². The summed E-state index contributed by atoms with van der Waals surface area (Å²) in [5.74, 6) is 0. The first-order valence-electron chi connectivity index (χ1n) is 0. The van der Waals surface area contributed by atoms with Crippen LogP contribution in [0, 0.1) is 0 Å². The van der Waals surface area contributed by atoms with Crippen molar-refractivity contribution in [1.29, 1.82) is 0 Å². The van der Waals surface area contributed by atoms with Gasteiger partial charge in [0.15, 0.2) is 0 Å². The largest absolute Gasteiger partial charge is 2.00 e. The van der Waals surface area contributed by atoms with E-state index >= 15 is 0 Å². The Morgan fingerprint density at radius 3 is 0.429 bits per heavy atom. The van der Waals surface area contributed by atoms with E-state index in [1.165, 1.54) is 0 Å². The number of halogens is 4. The summed E-state index contributed by atoms with van der Waals surface area (Å²) in [6.07, 6.45) is 0. The Morgan fingerprint density at radius 1 is 0.429 bits per heavy atom. The number of hydrogen-bond acceptors (Lipinski definition) is 0. The first kappa shape index (κ1) is 103. The molecule has 7 heteroatoms. The molecule has 0 fully saturated rings. The van der Waals surface area contributed by atoms with E-state index in [0.717, 1.165) is 0 Å². The third kappa shape index (κ3) is 54.4. The maximum atomic E-state index is 0. The van der Waals surface area contributed by atoms with E-state index in [1.807, 2.05) is 0 Å². The molecular weight excluding hydrogens is 206 g/mol. The van der Waals surface area contributed by atoms with Crippen LogP contribution in [0.15, 0.2) is 0 Å². The molecule has 7 heavy (non-hydrogen) atoms. The predicted molar refractivity (Wildman–Crippen MR) is 15.1 cm³/mol. The molecular formula is H2Cl4Mg2O. The third-order valence-electron chi connectivity index (χ3n) is 0. The first-order chi connectivity index (χ1) is 0. The number of rotatable bonds is 0. The molecule has 0 unspecified atom stereocenters. The molecule has 1 nitrogen and oxygen atoms in total. The van der Waals surface area contributed by atoms with Crippen LogP contribution in [-0.4, -0.2) is 51.6 Å². The molecule has 0 aliphatic heterocycles. The van der Waals surface area contributed by atoms with Crippen molar-refractivity contribution in [3.63, 3.8) is 0 Å². The van der Waals surface area contributed by atoms with Gasteiger partial charge >= 0.3 is 46.1 Å². The quantitative estimate of drug-likeness (QED) is 0.354. The zero-order valence-corrected chi connectivity index (χ0v) is 9.28. The fraction of sp³-hybridized carbons (Fsp3) is 0. The van der Waals surface area contributed by atoms with E-state index in [2.05, 4.69) is 0 Å². The van der Waals surface area contributed by atoms with E-state index in [4.69, 9.17) is 0 Å². The molecule has 0 amide bonds. The fourth-order valence-electron chi connectivity index (χ4n) is 0. The van der Waals surface area contributed by atoms with Crippen LogP contribution in [0.1, 0.15) is 0 Å². The van der Waals surface area contributed by atoms with Crippen molar-refractivity contribution >= 4 is 46.1 Å². The molecule has 0 aromatic rings. The maximum absolute atomic E-state index is 0. The second-order valence-electron chi connectivity index (χ2n) is 0. The fourth-order valence-corrected chi connectivity index (χ4v) is 0. The molecule has 40 valence electrons. The molecule has 0 aliphatic rings. The molecule has 0 bridgehead atoms. The van der Waals surface area contributed by atoms with E-state index in [1.54, 1.807) is 0 Å². The smallest absolute Gasteiger partial charge is 1.00 e. The molecule has 0 aromatic heterocycles. The van der Waals surface area contributed by atoms with E-state index in [9.17, 15) is 0 Å². The second-order valence-corrected chi connectivity index (χ2v) is 0. The van der Waals surface area contributed by atoms with E-state index < -0.39 is 0 Å². The molecule has 0 rings (SSSR count). The standard InChI is InChI=1S/4ClH.2Mg.H2O/h4*1H;;;1H2/q;;;;2*+2;/p-4.